The van der Waals surface area contributed by atoms with Gasteiger partial charge in [0.1, 0.15) is 0 Å². The molecule has 0 radical (unpaired) electrons. The number of fused-ring (bicyclic) bond motifs is 3. The molecule has 1 heterocycles. The van der Waals surface area contributed by atoms with Gasteiger partial charge in [-0.2, -0.15) is 0 Å². The largest absolute Gasteiger partial charge is 0.300 e. The van der Waals surface area contributed by atoms with Gasteiger partial charge in [0.05, 0.1) is 0 Å². The van der Waals surface area contributed by atoms with Crippen LogP contribution >= 0.6 is 0 Å². The Labute approximate surface area is 113 Å². The molecule has 3 rings (SSSR count). The van der Waals surface area contributed by atoms with E-state index in [0.29, 0.717) is 0 Å². The second kappa shape index (κ2) is 5.15. The van der Waals surface area contributed by atoms with Crippen molar-refractivity contribution in [3.63, 3.8) is 0 Å². The molecule has 0 amide bonds. The van der Waals surface area contributed by atoms with Crippen LogP contribution in [0.4, 0.5) is 0 Å². The highest BCUT2D eigenvalue weighted by Gasteiger charge is 2.52. The van der Waals surface area contributed by atoms with Gasteiger partial charge in [-0.05, 0) is 62.8 Å². The Bertz CT molecular complexity index is 287. The topological polar surface area (TPSA) is 3.24 Å². The van der Waals surface area contributed by atoms with E-state index < -0.39 is 0 Å². The summed E-state index contributed by atoms with van der Waals surface area (Å²) in [6.45, 7) is 4.81. The van der Waals surface area contributed by atoms with Gasteiger partial charge >= 0.3 is 0 Å². The summed E-state index contributed by atoms with van der Waals surface area (Å²) in [7, 11) is 2.43. The van der Waals surface area contributed by atoms with E-state index in [9.17, 15) is 0 Å². The van der Waals surface area contributed by atoms with E-state index in [-0.39, 0.29) is 0 Å². The van der Waals surface area contributed by atoms with Crippen LogP contribution in [0.1, 0.15) is 65.2 Å². The lowest BCUT2D eigenvalue weighted by Gasteiger charge is -2.35. The normalized spacial score (nSPS) is 48.2. The van der Waals surface area contributed by atoms with Gasteiger partial charge in [-0.3, -0.25) is 4.90 Å². The van der Waals surface area contributed by atoms with Crippen molar-refractivity contribution in [1.82, 2.24) is 4.90 Å². The van der Waals surface area contributed by atoms with Crippen LogP contribution in [0.15, 0.2) is 0 Å². The summed E-state index contributed by atoms with van der Waals surface area (Å²) in [5, 5.41) is 0. The zero-order valence-corrected chi connectivity index (χ0v) is 12.6. The molecule has 0 aromatic rings. The van der Waals surface area contributed by atoms with E-state index in [1.807, 2.05) is 0 Å². The summed E-state index contributed by atoms with van der Waals surface area (Å²) in [5.74, 6) is 4.16. The molecule has 0 aromatic heterocycles. The van der Waals surface area contributed by atoms with Crippen molar-refractivity contribution in [2.24, 2.45) is 23.7 Å². The summed E-state index contributed by atoms with van der Waals surface area (Å²) in [6.07, 6.45) is 11.9. The van der Waals surface area contributed by atoms with E-state index in [1.165, 1.54) is 44.9 Å². The fourth-order valence-corrected chi connectivity index (χ4v) is 5.43. The number of hydrogen-bond donors (Lipinski definition) is 0. The average Bonchev–Trinajstić information content (AvgIpc) is 2.88. The highest BCUT2D eigenvalue weighted by atomic mass is 15.2. The van der Waals surface area contributed by atoms with Crippen molar-refractivity contribution in [2.45, 2.75) is 77.3 Å². The maximum Gasteiger partial charge on any atom is 0.0129 e. The summed E-state index contributed by atoms with van der Waals surface area (Å²) in [6, 6.07) is 1.90. The number of hydrogen-bond acceptors (Lipinski definition) is 1. The second-order valence-corrected chi connectivity index (χ2v) is 7.53. The minimum absolute atomic E-state index is 0.948. The molecule has 1 heteroatoms. The van der Waals surface area contributed by atoms with E-state index in [0.717, 1.165) is 35.8 Å². The molecule has 2 aliphatic carbocycles. The highest BCUT2D eigenvalue weighted by Crippen LogP contribution is 2.52. The first-order chi connectivity index (χ1) is 8.70. The van der Waals surface area contributed by atoms with E-state index in [1.54, 1.807) is 6.42 Å². The van der Waals surface area contributed by atoms with Gasteiger partial charge in [-0.15, -0.1) is 0 Å². The van der Waals surface area contributed by atoms with Crippen LogP contribution in [-0.2, 0) is 0 Å². The van der Waals surface area contributed by atoms with Gasteiger partial charge in [0.25, 0.3) is 0 Å². The van der Waals surface area contributed by atoms with Crippen LogP contribution in [0, 0.1) is 23.7 Å². The van der Waals surface area contributed by atoms with E-state index in [4.69, 9.17) is 0 Å². The van der Waals surface area contributed by atoms with Crippen LogP contribution in [0.25, 0.3) is 0 Å². The molecule has 2 saturated carbocycles. The first-order valence-electron chi connectivity index (χ1n) is 8.42. The lowest BCUT2D eigenvalue weighted by molar-refractivity contribution is 0.146. The Morgan fingerprint density at radius 2 is 1.78 bits per heavy atom. The smallest absolute Gasteiger partial charge is 0.0129 e. The molecule has 3 aliphatic rings. The summed E-state index contributed by atoms with van der Waals surface area (Å²) >= 11 is 0. The molecular formula is C17H31N. The molecule has 1 saturated heterocycles. The second-order valence-electron chi connectivity index (χ2n) is 7.53. The van der Waals surface area contributed by atoms with Gasteiger partial charge in [0.2, 0.25) is 0 Å². The Morgan fingerprint density at radius 3 is 2.56 bits per heavy atom. The molecule has 1 nitrogen and oxygen atoms in total. The maximum absolute atomic E-state index is 2.80. The van der Waals surface area contributed by atoms with Gasteiger partial charge in [0, 0.05) is 12.1 Å². The first-order valence-corrected chi connectivity index (χ1v) is 8.42. The zero-order chi connectivity index (χ0) is 12.7. The van der Waals surface area contributed by atoms with Crippen molar-refractivity contribution in [3.05, 3.63) is 0 Å². The molecule has 0 aromatic carbocycles. The molecule has 18 heavy (non-hydrogen) atoms. The van der Waals surface area contributed by atoms with Crippen LogP contribution in [-0.4, -0.2) is 24.0 Å². The first kappa shape index (κ1) is 13.0. The van der Waals surface area contributed by atoms with Crippen LogP contribution in [0.5, 0.6) is 0 Å². The SMILES string of the molecule is CCCCC1CC2C3CC(C)CCC3N(C)C2C1. The standard InChI is InChI=1S/C17H31N/c1-4-5-6-13-10-15-14-9-12(2)7-8-16(14)18(3)17(15)11-13/h12-17H,4-11H2,1-3H3. The lowest BCUT2D eigenvalue weighted by atomic mass is 9.74. The summed E-state index contributed by atoms with van der Waals surface area (Å²) in [4.78, 5) is 2.80. The number of rotatable bonds is 3. The van der Waals surface area contributed by atoms with Crippen molar-refractivity contribution >= 4 is 0 Å². The predicted molar refractivity (Wildman–Crippen MR) is 77.6 cm³/mol. The number of nitrogens with zero attached hydrogens (tertiary/aromatic N) is 1. The molecule has 6 unspecified atom stereocenters. The van der Waals surface area contributed by atoms with Gasteiger partial charge in [0.15, 0.2) is 0 Å². The minimum atomic E-state index is 0.948. The molecule has 0 N–H and O–H groups in total. The van der Waals surface area contributed by atoms with Crippen molar-refractivity contribution in [3.8, 4) is 0 Å². The van der Waals surface area contributed by atoms with Crippen LogP contribution in [0.3, 0.4) is 0 Å². The maximum atomic E-state index is 2.80. The predicted octanol–water partition coefficient (Wildman–Crippen LogP) is 4.32. The molecular weight excluding hydrogens is 218 g/mol. The molecule has 3 fully saturated rings. The van der Waals surface area contributed by atoms with Crippen molar-refractivity contribution < 1.29 is 0 Å². The fourth-order valence-electron chi connectivity index (χ4n) is 5.43. The van der Waals surface area contributed by atoms with Crippen molar-refractivity contribution in [2.75, 3.05) is 7.05 Å². The van der Waals surface area contributed by atoms with E-state index in [2.05, 4.69) is 25.8 Å². The Morgan fingerprint density at radius 1 is 1.00 bits per heavy atom. The Balaban J connectivity index is 1.66. The molecule has 0 bridgehead atoms. The van der Waals surface area contributed by atoms with E-state index >= 15 is 0 Å². The molecule has 104 valence electrons. The van der Waals surface area contributed by atoms with Gasteiger partial charge in [-0.25, -0.2) is 0 Å². The summed E-state index contributed by atoms with van der Waals surface area (Å²) < 4.78 is 0. The molecule has 6 atom stereocenters. The number of likely N-dealkylation sites (tertiary alicyclic amines) is 1. The van der Waals surface area contributed by atoms with Crippen molar-refractivity contribution in [1.29, 1.82) is 0 Å². The third-order valence-electron chi connectivity index (χ3n) is 6.36. The average molecular weight is 249 g/mol. The molecule has 1 aliphatic heterocycles. The molecule has 0 spiro atoms. The quantitative estimate of drug-likeness (QED) is 0.720. The summed E-state index contributed by atoms with van der Waals surface area (Å²) in [5.41, 5.74) is 0. The third kappa shape index (κ3) is 2.13. The van der Waals surface area contributed by atoms with Gasteiger partial charge in [-0.1, -0.05) is 33.1 Å². The minimum Gasteiger partial charge on any atom is -0.300 e. The van der Waals surface area contributed by atoms with Crippen LogP contribution in [0.2, 0.25) is 0 Å². The van der Waals surface area contributed by atoms with Crippen LogP contribution < -0.4 is 0 Å². The lowest BCUT2D eigenvalue weighted by Crippen LogP contribution is -2.37. The fraction of sp³-hybridized carbons (Fsp3) is 1.00. The number of unbranched alkanes of at least 4 members (excludes halogenated alkanes) is 1. The Hall–Kier alpha value is -0.0400. The third-order valence-corrected chi connectivity index (χ3v) is 6.36. The zero-order valence-electron chi connectivity index (χ0n) is 12.6. The monoisotopic (exact) mass is 249 g/mol. The highest BCUT2D eigenvalue weighted by molar-refractivity contribution is 5.05. The van der Waals surface area contributed by atoms with Gasteiger partial charge < -0.3 is 0 Å². The Kier molecular flexibility index (Phi) is 3.71.